The molecule has 3 aliphatic rings. The number of hydrogen-bond donors (Lipinski definition) is 2. The second-order valence-electron chi connectivity index (χ2n) is 8.57. The monoisotopic (exact) mass is 446 g/mol. The summed E-state index contributed by atoms with van der Waals surface area (Å²) in [4.78, 5) is 50.6. The average Bonchev–Trinajstić information content (AvgIpc) is 3.53. The predicted octanol–water partition coefficient (Wildman–Crippen LogP) is 0.560. The van der Waals surface area contributed by atoms with Crippen LogP contribution >= 0.6 is 0 Å². The molecule has 2 aromatic rings. The van der Waals surface area contributed by atoms with Crippen molar-refractivity contribution in [3.05, 3.63) is 41.2 Å². The van der Waals surface area contributed by atoms with Crippen LogP contribution < -0.4 is 10.6 Å². The van der Waals surface area contributed by atoms with E-state index in [1.807, 2.05) is 0 Å². The maximum atomic E-state index is 12.8. The number of terminal acetylenes is 1. The molecule has 5 rings (SSSR count). The topological polar surface area (TPSA) is 126 Å². The molecule has 168 valence electrons. The molecule has 2 fully saturated rings. The fraction of sp³-hybridized carbons (Fsp3) is 0.391. The summed E-state index contributed by atoms with van der Waals surface area (Å²) in [5.41, 5.74) is 2.06. The minimum absolute atomic E-state index is 0.0329. The zero-order valence-electron chi connectivity index (χ0n) is 17.8. The Morgan fingerprint density at radius 1 is 1.21 bits per heavy atom. The zero-order chi connectivity index (χ0) is 23.1. The first-order chi connectivity index (χ1) is 15.9. The van der Waals surface area contributed by atoms with Crippen LogP contribution in [0.25, 0.3) is 5.69 Å². The van der Waals surface area contributed by atoms with Gasteiger partial charge in [0.15, 0.2) is 5.69 Å². The van der Waals surface area contributed by atoms with Gasteiger partial charge in [-0.25, -0.2) is 4.68 Å². The minimum Gasteiger partial charge on any atom is -0.347 e. The molecule has 4 amide bonds. The number of amides is 4. The van der Waals surface area contributed by atoms with Crippen molar-refractivity contribution in [2.75, 3.05) is 0 Å². The smallest absolute Gasteiger partial charge is 0.273 e. The number of carbonyl (C=O) groups is 4. The fourth-order valence-electron chi connectivity index (χ4n) is 4.77. The molecule has 1 saturated heterocycles. The zero-order valence-corrected chi connectivity index (χ0v) is 17.8. The molecule has 3 heterocycles. The van der Waals surface area contributed by atoms with E-state index < -0.39 is 11.9 Å². The standard InChI is InChI=1S/C23H22N6O4/c1-2-13-4-3-5-17(13)24-21(31)18-12-29(27-26-18)15-6-7-16-14(10-15)11-28(23(16)33)19-8-9-20(30)25-22(19)32/h1,6-7,10,12-13,17,19H,3-5,8-9,11H2,(H,24,31)(H,25,30,32)/t13-,17+,19?/m0/s1. The SMILES string of the molecule is C#C[C@H]1CCC[C@H]1NC(=O)c1cn(-c2ccc3c(c2)CN(C2CCC(=O)NC2=O)C3=O)nn1. The van der Waals surface area contributed by atoms with Crippen molar-refractivity contribution in [2.24, 2.45) is 5.92 Å². The third kappa shape index (κ3) is 3.75. The first kappa shape index (κ1) is 20.9. The maximum absolute atomic E-state index is 12.8. The average molecular weight is 446 g/mol. The molecule has 10 heteroatoms. The lowest BCUT2D eigenvalue weighted by molar-refractivity contribution is -0.136. The van der Waals surface area contributed by atoms with Crippen molar-refractivity contribution in [3.63, 3.8) is 0 Å². The Labute approximate surface area is 189 Å². The number of nitrogens with one attached hydrogen (secondary N) is 2. The highest BCUT2D eigenvalue weighted by Gasteiger charge is 2.39. The van der Waals surface area contributed by atoms with Crippen LogP contribution in [0.15, 0.2) is 24.4 Å². The summed E-state index contributed by atoms with van der Waals surface area (Å²) in [6.07, 6.45) is 10.3. The molecule has 1 unspecified atom stereocenters. The van der Waals surface area contributed by atoms with Crippen molar-refractivity contribution in [1.29, 1.82) is 0 Å². The number of fused-ring (bicyclic) bond motifs is 1. The molecule has 0 spiro atoms. The highest BCUT2D eigenvalue weighted by molar-refractivity contribution is 6.05. The highest BCUT2D eigenvalue weighted by Crippen LogP contribution is 2.29. The lowest BCUT2D eigenvalue weighted by Gasteiger charge is -2.29. The Morgan fingerprint density at radius 2 is 2.06 bits per heavy atom. The summed E-state index contributed by atoms with van der Waals surface area (Å²) in [5, 5.41) is 13.3. The van der Waals surface area contributed by atoms with Crippen molar-refractivity contribution in [1.82, 2.24) is 30.5 Å². The van der Waals surface area contributed by atoms with Crippen molar-refractivity contribution in [3.8, 4) is 18.0 Å². The Kier molecular flexibility index (Phi) is 5.17. The van der Waals surface area contributed by atoms with Gasteiger partial charge < -0.3 is 10.2 Å². The van der Waals surface area contributed by atoms with E-state index in [1.165, 1.54) is 15.8 Å². The van der Waals surface area contributed by atoms with E-state index in [1.54, 1.807) is 18.2 Å². The third-order valence-electron chi connectivity index (χ3n) is 6.54. The molecule has 1 aromatic heterocycles. The summed E-state index contributed by atoms with van der Waals surface area (Å²) < 4.78 is 1.47. The molecular formula is C23H22N6O4. The van der Waals surface area contributed by atoms with E-state index in [9.17, 15) is 19.2 Å². The first-order valence-corrected chi connectivity index (χ1v) is 10.9. The maximum Gasteiger partial charge on any atom is 0.273 e. The van der Waals surface area contributed by atoms with Crippen LogP contribution in [-0.4, -0.2) is 55.6 Å². The van der Waals surface area contributed by atoms with E-state index in [0.29, 0.717) is 17.7 Å². The molecule has 0 radical (unpaired) electrons. The number of nitrogens with zero attached hydrogens (tertiary/aromatic N) is 4. The van der Waals surface area contributed by atoms with Gasteiger partial charge in [0.05, 0.1) is 11.9 Å². The normalized spacial score (nSPS) is 24.4. The van der Waals surface area contributed by atoms with Gasteiger partial charge in [-0.2, -0.15) is 0 Å². The van der Waals surface area contributed by atoms with Gasteiger partial charge in [0.25, 0.3) is 11.8 Å². The van der Waals surface area contributed by atoms with Gasteiger partial charge in [-0.3, -0.25) is 24.5 Å². The van der Waals surface area contributed by atoms with E-state index >= 15 is 0 Å². The van der Waals surface area contributed by atoms with Gasteiger partial charge in [0.1, 0.15) is 6.04 Å². The van der Waals surface area contributed by atoms with Crippen molar-refractivity contribution in [2.45, 2.75) is 50.7 Å². The van der Waals surface area contributed by atoms with Gasteiger partial charge >= 0.3 is 0 Å². The Hall–Kier alpha value is -4.00. The summed E-state index contributed by atoms with van der Waals surface area (Å²) >= 11 is 0. The van der Waals surface area contributed by atoms with Crippen LogP contribution in [0.4, 0.5) is 0 Å². The largest absolute Gasteiger partial charge is 0.347 e. The minimum atomic E-state index is -0.671. The molecule has 2 aliphatic heterocycles. The van der Waals surface area contributed by atoms with Crippen LogP contribution in [0.2, 0.25) is 0 Å². The van der Waals surface area contributed by atoms with Crippen LogP contribution in [0.1, 0.15) is 58.5 Å². The van der Waals surface area contributed by atoms with Gasteiger partial charge in [0, 0.05) is 30.5 Å². The lowest BCUT2D eigenvalue weighted by atomic mass is 10.0. The van der Waals surface area contributed by atoms with E-state index in [2.05, 4.69) is 26.9 Å². The van der Waals surface area contributed by atoms with Crippen LogP contribution in [0, 0.1) is 18.3 Å². The number of hydrogen-bond acceptors (Lipinski definition) is 6. The molecular weight excluding hydrogens is 424 g/mol. The van der Waals surface area contributed by atoms with E-state index in [0.717, 1.165) is 24.8 Å². The Balaban J connectivity index is 1.31. The van der Waals surface area contributed by atoms with Crippen LogP contribution in [-0.2, 0) is 16.1 Å². The van der Waals surface area contributed by atoms with Gasteiger partial charge in [-0.1, -0.05) is 11.6 Å². The highest BCUT2D eigenvalue weighted by atomic mass is 16.2. The molecule has 1 aliphatic carbocycles. The van der Waals surface area contributed by atoms with Crippen molar-refractivity contribution < 1.29 is 19.2 Å². The van der Waals surface area contributed by atoms with Crippen LogP contribution in [0.3, 0.4) is 0 Å². The van der Waals surface area contributed by atoms with Crippen LogP contribution in [0.5, 0.6) is 0 Å². The Bertz CT molecular complexity index is 1210. The quantitative estimate of drug-likeness (QED) is 0.522. The van der Waals surface area contributed by atoms with Crippen molar-refractivity contribution >= 4 is 23.6 Å². The number of carbonyl (C=O) groups excluding carboxylic acids is 4. The summed E-state index contributed by atoms with van der Waals surface area (Å²) in [6, 6.07) is 4.45. The molecule has 1 aromatic carbocycles. The molecule has 1 saturated carbocycles. The van der Waals surface area contributed by atoms with E-state index in [4.69, 9.17) is 6.42 Å². The third-order valence-corrected chi connectivity index (χ3v) is 6.54. The number of aromatic nitrogens is 3. The van der Waals surface area contributed by atoms with Gasteiger partial charge in [-0.05, 0) is 43.0 Å². The molecule has 0 bridgehead atoms. The fourth-order valence-corrected chi connectivity index (χ4v) is 4.77. The first-order valence-electron chi connectivity index (χ1n) is 10.9. The predicted molar refractivity (Wildman–Crippen MR) is 115 cm³/mol. The molecule has 10 nitrogen and oxygen atoms in total. The number of imide groups is 1. The molecule has 2 N–H and O–H groups in total. The number of rotatable bonds is 4. The van der Waals surface area contributed by atoms with Gasteiger partial charge in [-0.15, -0.1) is 17.4 Å². The number of piperidine rings is 1. The molecule has 33 heavy (non-hydrogen) atoms. The summed E-state index contributed by atoms with van der Waals surface area (Å²) in [6.45, 7) is 0.255. The summed E-state index contributed by atoms with van der Waals surface area (Å²) in [5.74, 6) is 1.42. The second kappa shape index (κ2) is 8.16. The number of benzene rings is 1. The Morgan fingerprint density at radius 3 is 2.85 bits per heavy atom. The summed E-state index contributed by atoms with van der Waals surface area (Å²) in [7, 11) is 0. The van der Waals surface area contributed by atoms with E-state index in [-0.39, 0.29) is 48.3 Å². The lowest BCUT2D eigenvalue weighted by Crippen LogP contribution is -2.52. The van der Waals surface area contributed by atoms with Gasteiger partial charge in [0.2, 0.25) is 11.8 Å². The molecule has 3 atom stereocenters. The second-order valence-corrected chi connectivity index (χ2v) is 8.57.